The van der Waals surface area contributed by atoms with Crippen molar-refractivity contribution in [2.24, 2.45) is 0 Å². The molecule has 0 aliphatic heterocycles. The second-order valence-electron chi connectivity index (χ2n) is 6.63. The molecular weight excluding hydrogens is 435 g/mol. The Kier molecular flexibility index (Phi) is 7.50. The first kappa shape index (κ1) is 22.6. The van der Waals surface area contributed by atoms with Crippen molar-refractivity contribution in [2.75, 3.05) is 18.4 Å². The van der Waals surface area contributed by atoms with E-state index in [2.05, 4.69) is 10.4 Å². The van der Waals surface area contributed by atoms with Crippen molar-refractivity contribution in [1.29, 1.82) is 0 Å². The second kappa shape index (κ2) is 10.3. The lowest BCUT2D eigenvalue weighted by Gasteiger charge is -2.19. The Morgan fingerprint density at radius 2 is 1.77 bits per heavy atom. The van der Waals surface area contributed by atoms with Gasteiger partial charge in [0.1, 0.15) is 11.4 Å². The molecule has 2 aromatic carbocycles. The number of aromatic nitrogens is 2. The molecule has 0 aliphatic rings. The minimum atomic E-state index is -0.405. The van der Waals surface area contributed by atoms with Crippen molar-refractivity contribution < 1.29 is 9.59 Å². The third-order valence-electron chi connectivity index (χ3n) is 4.66. The van der Waals surface area contributed by atoms with E-state index >= 15 is 0 Å². The molecule has 160 valence electrons. The number of nitrogens with zero attached hydrogens (tertiary/aromatic N) is 3. The van der Waals surface area contributed by atoms with Gasteiger partial charge in [0.25, 0.3) is 5.91 Å². The Morgan fingerprint density at radius 1 is 1.06 bits per heavy atom. The molecule has 1 N–H and O–H groups in total. The SMILES string of the molecule is CCN(CC)C(=O)c1cnn(-c2ccccc2)c1NC(=O)/C=C/c1ccc(Cl)c(Cl)c1. The molecule has 1 heterocycles. The first-order valence-electron chi connectivity index (χ1n) is 9.81. The van der Waals surface area contributed by atoms with Gasteiger partial charge in [-0.05, 0) is 49.8 Å². The van der Waals surface area contributed by atoms with Gasteiger partial charge in [-0.2, -0.15) is 5.10 Å². The Balaban J connectivity index is 1.92. The van der Waals surface area contributed by atoms with Crippen molar-refractivity contribution in [3.63, 3.8) is 0 Å². The maximum atomic E-state index is 13.0. The second-order valence-corrected chi connectivity index (χ2v) is 7.44. The lowest BCUT2D eigenvalue weighted by Crippen LogP contribution is -2.31. The summed E-state index contributed by atoms with van der Waals surface area (Å²) >= 11 is 12.0. The van der Waals surface area contributed by atoms with Crippen molar-refractivity contribution >= 4 is 46.9 Å². The minimum absolute atomic E-state index is 0.198. The van der Waals surface area contributed by atoms with Crippen LogP contribution in [0.1, 0.15) is 29.8 Å². The average molecular weight is 457 g/mol. The topological polar surface area (TPSA) is 67.2 Å². The summed E-state index contributed by atoms with van der Waals surface area (Å²) in [5, 5.41) is 8.00. The van der Waals surface area contributed by atoms with E-state index in [1.807, 2.05) is 44.2 Å². The van der Waals surface area contributed by atoms with Crippen molar-refractivity contribution in [3.8, 4) is 5.69 Å². The summed E-state index contributed by atoms with van der Waals surface area (Å²) in [6, 6.07) is 14.4. The molecule has 3 rings (SSSR count). The van der Waals surface area contributed by atoms with Gasteiger partial charge in [0, 0.05) is 19.2 Å². The molecule has 6 nitrogen and oxygen atoms in total. The fourth-order valence-corrected chi connectivity index (χ4v) is 3.32. The molecule has 0 radical (unpaired) electrons. The molecule has 0 aliphatic carbocycles. The van der Waals surface area contributed by atoms with Gasteiger partial charge in [0.15, 0.2) is 0 Å². The van der Waals surface area contributed by atoms with Crippen LogP contribution in [0.15, 0.2) is 60.8 Å². The number of rotatable bonds is 7. The summed E-state index contributed by atoms with van der Waals surface area (Å²) < 4.78 is 1.54. The number of anilines is 1. The van der Waals surface area contributed by atoms with Crippen LogP contribution in [0.4, 0.5) is 5.82 Å². The first-order valence-corrected chi connectivity index (χ1v) is 10.6. The number of benzene rings is 2. The molecule has 0 saturated heterocycles. The van der Waals surface area contributed by atoms with Crippen LogP contribution in [0.3, 0.4) is 0 Å². The Morgan fingerprint density at radius 3 is 2.42 bits per heavy atom. The predicted molar refractivity (Wildman–Crippen MR) is 125 cm³/mol. The summed E-state index contributed by atoms with van der Waals surface area (Å²) in [6.45, 7) is 4.91. The van der Waals surface area contributed by atoms with E-state index in [0.717, 1.165) is 11.3 Å². The van der Waals surface area contributed by atoms with Crippen molar-refractivity contribution in [3.05, 3.63) is 82.0 Å². The highest BCUT2D eigenvalue weighted by atomic mass is 35.5. The van der Waals surface area contributed by atoms with Crippen molar-refractivity contribution in [2.45, 2.75) is 13.8 Å². The molecule has 0 spiro atoms. The maximum Gasteiger partial charge on any atom is 0.259 e. The number of hydrogen-bond acceptors (Lipinski definition) is 3. The van der Waals surface area contributed by atoms with Gasteiger partial charge in [-0.15, -0.1) is 0 Å². The lowest BCUT2D eigenvalue weighted by atomic mass is 10.2. The molecule has 0 atom stereocenters. The molecule has 31 heavy (non-hydrogen) atoms. The van der Waals surface area contributed by atoms with E-state index in [0.29, 0.717) is 34.5 Å². The van der Waals surface area contributed by atoms with Gasteiger partial charge >= 0.3 is 0 Å². The molecule has 0 unspecified atom stereocenters. The molecule has 3 aromatic rings. The zero-order valence-corrected chi connectivity index (χ0v) is 18.7. The molecular formula is C23H22Cl2N4O2. The first-order chi connectivity index (χ1) is 14.9. The highest BCUT2D eigenvalue weighted by Crippen LogP contribution is 2.24. The summed E-state index contributed by atoms with van der Waals surface area (Å²) in [4.78, 5) is 27.3. The van der Waals surface area contributed by atoms with Gasteiger partial charge < -0.3 is 10.2 Å². The quantitative estimate of drug-likeness (QED) is 0.489. The highest BCUT2D eigenvalue weighted by molar-refractivity contribution is 6.42. The van der Waals surface area contributed by atoms with Crippen LogP contribution < -0.4 is 5.32 Å². The van der Waals surface area contributed by atoms with Gasteiger partial charge in [-0.25, -0.2) is 4.68 Å². The Bertz CT molecular complexity index is 1110. The molecule has 1 aromatic heterocycles. The number of carbonyl (C=O) groups is 2. The molecule has 2 amide bonds. The van der Waals surface area contributed by atoms with E-state index in [9.17, 15) is 9.59 Å². The standard InChI is InChI=1S/C23H22Cl2N4O2/c1-3-28(4-2)23(31)18-15-26-29(17-8-6-5-7-9-17)22(18)27-21(30)13-11-16-10-12-19(24)20(25)14-16/h5-15H,3-4H2,1-2H3,(H,27,30)/b13-11+. The summed E-state index contributed by atoms with van der Waals surface area (Å²) in [5.74, 6) is -0.291. The van der Waals surface area contributed by atoms with Crippen LogP contribution in [-0.4, -0.2) is 39.6 Å². The number of halogens is 2. The summed E-state index contributed by atoms with van der Waals surface area (Å²) in [6.07, 6.45) is 4.46. The van der Waals surface area contributed by atoms with Crippen molar-refractivity contribution in [1.82, 2.24) is 14.7 Å². The lowest BCUT2D eigenvalue weighted by molar-refractivity contribution is -0.111. The third-order valence-corrected chi connectivity index (χ3v) is 5.40. The largest absolute Gasteiger partial charge is 0.339 e. The molecule has 0 saturated carbocycles. The normalized spacial score (nSPS) is 11.0. The van der Waals surface area contributed by atoms with E-state index in [1.165, 1.54) is 12.3 Å². The van der Waals surface area contributed by atoms with Crippen LogP contribution >= 0.6 is 23.2 Å². The van der Waals surface area contributed by atoms with Crippen LogP contribution in [0.25, 0.3) is 11.8 Å². The number of para-hydroxylation sites is 1. The zero-order chi connectivity index (χ0) is 22.4. The van der Waals surface area contributed by atoms with Gasteiger partial charge in [-0.3, -0.25) is 9.59 Å². The van der Waals surface area contributed by atoms with Crippen LogP contribution in [0.2, 0.25) is 10.0 Å². The molecule has 8 heteroatoms. The maximum absolute atomic E-state index is 13.0. The van der Waals surface area contributed by atoms with Crippen LogP contribution in [0.5, 0.6) is 0 Å². The predicted octanol–water partition coefficient (Wildman–Crippen LogP) is 5.31. The van der Waals surface area contributed by atoms with E-state index in [-0.39, 0.29) is 5.91 Å². The monoisotopic (exact) mass is 456 g/mol. The highest BCUT2D eigenvalue weighted by Gasteiger charge is 2.23. The Labute approximate surface area is 191 Å². The van der Waals surface area contributed by atoms with E-state index < -0.39 is 5.91 Å². The van der Waals surface area contributed by atoms with Crippen LogP contribution in [0, 0.1) is 0 Å². The van der Waals surface area contributed by atoms with Gasteiger partial charge in [0.2, 0.25) is 5.91 Å². The summed E-state index contributed by atoms with van der Waals surface area (Å²) in [5.41, 5.74) is 1.77. The summed E-state index contributed by atoms with van der Waals surface area (Å²) in [7, 11) is 0. The van der Waals surface area contributed by atoms with Crippen LogP contribution in [-0.2, 0) is 4.79 Å². The van der Waals surface area contributed by atoms with E-state index in [1.54, 1.807) is 33.9 Å². The van der Waals surface area contributed by atoms with E-state index in [4.69, 9.17) is 23.2 Å². The number of hydrogen-bond donors (Lipinski definition) is 1. The minimum Gasteiger partial charge on any atom is -0.339 e. The number of nitrogens with one attached hydrogen (secondary N) is 1. The fraction of sp³-hybridized carbons (Fsp3) is 0.174. The molecule has 0 fully saturated rings. The zero-order valence-electron chi connectivity index (χ0n) is 17.2. The Hall–Kier alpha value is -3.09. The van der Waals surface area contributed by atoms with Gasteiger partial charge in [0.05, 0.1) is 21.9 Å². The van der Waals surface area contributed by atoms with Gasteiger partial charge in [-0.1, -0.05) is 47.5 Å². The average Bonchev–Trinajstić information content (AvgIpc) is 3.19. The fourth-order valence-electron chi connectivity index (χ4n) is 3.02. The number of amides is 2. The molecule has 0 bridgehead atoms. The smallest absolute Gasteiger partial charge is 0.259 e. The number of carbonyl (C=O) groups excluding carboxylic acids is 2. The third kappa shape index (κ3) is 5.34.